The number of amides is 2. The molecular formula is C21H28N4O3. The van der Waals surface area contributed by atoms with Crippen LogP contribution in [0, 0.1) is 0 Å². The van der Waals surface area contributed by atoms with Gasteiger partial charge in [-0.05, 0) is 42.7 Å². The Labute approximate surface area is 165 Å². The number of benzene rings is 1. The molecule has 1 fully saturated rings. The minimum absolute atomic E-state index is 0.0146. The molecule has 0 bridgehead atoms. The number of carboxylic acids is 1. The van der Waals surface area contributed by atoms with Crippen LogP contribution in [0.25, 0.3) is 0 Å². The molecule has 0 spiro atoms. The second-order valence-electron chi connectivity index (χ2n) is 6.71. The second-order valence-corrected chi connectivity index (χ2v) is 6.71. The number of allylic oxidation sites excluding steroid dienone is 3. The van der Waals surface area contributed by atoms with Gasteiger partial charge in [-0.1, -0.05) is 42.5 Å². The van der Waals surface area contributed by atoms with Crippen molar-refractivity contribution in [1.29, 1.82) is 0 Å². The van der Waals surface area contributed by atoms with Crippen LogP contribution in [0.4, 0.5) is 4.79 Å². The highest BCUT2D eigenvalue weighted by Gasteiger charge is 2.19. The molecule has 0 aromatic heterocycles. The molecule has 1 aromatic carbocycles. The van der Waals surface area contributed by atoms with E-state index >= 15 is 0 Å². The van der Waals surface area contributed by atoms with Crippen LogP contribution in [0.3, 0.4) is 0 Å². The monoisotopic (exact) mass is 384 g/mol. The quantitative estimate of drug-likeness (QED) is 0.636. The van der Waals surface area contributed by atoms with Gasteiger partial charge in [0.2, 0.25) is 0 Å². The van der Waals surface area contributed by atoms with Crippen LogP contribution in [0.5, 0.6) is 0 Å². The number of hydrogen-bond donors (Lipinski definition) is 4. The van der Waals surface area contributed by atoms with Gasteiger partial charge in [-0.2, -0.15) is 0 Å². The lowest BCUT2D eigenvalue weighted by Gasteiger charge is -2.30. The molecule has 1 aliphatic heterocycles. The van der Waals surface area contributed by atoms with Crippen molar-refractivity contribution in [3.63, 3.8) is 0 Å². The molecule has 1 aromatic rings. The number of carbonyl (C=O) groups excluding carboxylic acids is 1. The SMILES string of the molecule is NC1CCN(C(=O)NCc2ccccc2)CC1.NC=C1C=CC(C(=O)O)=CC1. The molecule has 0 atom stereocenters. The van der Waals surface area contributed by atoms with E-state index in [0.29, 0.717) is 18.5 Å². The Morgan fingerprint density at radius 1 is 1.18 bits per heavy atom. The molecule has 0 unspecified atom stereocenters. The highest BCUT2D eigenvalue weighted by Crippen LogP contribution is 2.14. The summed E-state index contributed by atoms with van der Waals surface area (Å²) in [6, 6.07) is 10.2. The van der Waals surface area contributed by atoms with Crippen LogP contribution in [0.15, 0.2) is 65.9 Å². The van der Waals surface area contributed by atoms with E-state index in [1.54, 1.807) is 18.2 Å². The molecule has 7 nitrogen and oxygen atoms in total. The van der Waals surface area contributed by atoms with Gasteiger partial charge in [0, 0.05) is 25.7 Å². The van der Waals surface area contributed by atoms with Gasteiger partial charge in [0.25, 0.3) is 0 Å². The summed E-state index contributed by atoms with van der Waals surface area (Å²) in [6.07, 6.45) is 8.78. The third-order valence-corrected chi connectivity index (χ3v) is 4.61. The summed E-state index contributed by atoms with van der Waals surface area (Å²) >= 11 is 0. The van der Waals surface area contributed by atoms with Crippen molar-refractivity contribution >= 4 is 12.0 Å². The molecular weight excluding hydrogens is 356 g/mol. The van der Waals surface area contributed by atoms with E-state index in [-0.39, 0.29) is 12.1 Å². The van der Waals surface area contributed by atoms with Crippen molar-refractivity contribution in [3.05, 3.63) is 71.5 Å². The largest absolute Gasteiger partial charge is 0.478 e. The maximum absolute atomic E-state index is 11.9. The Morgan fingerprint density at radius 2 is 1.86 bits per heavy atom. The highest BCUT2D eigenvalue weighted by molar-refractivity contribution is 5.90. The van der Waals surface area contributed by atoms with Crippen molar-refractivity contribution in [2.24, 2.45) is 11.5 Å². The maximum Gasteiger partial charge on any atom is 0.335 e. The van der Waals surface area contributed by atoms with Crippen molar-refractivity contribution in [1.82, 2.24) is 10.2 Å². The summed E-state index contributed by atoms with van der Waals surface area (Å²) in [5.74, 6) is -0.891. The standard InChI is InChI=1S/C13H19N3O.C8H9NO2/c14-12-6-8-16(9-7-12)13(17)15-10-11-4-2-1-3-5-11;9-5-6-1-3-7(4-2-6)8(10)11/h1-5,12H,6-10,14H2,(H,15,17);1,3-5H,2,9H2,(H,10,11). The van der Waals surface area contributed by atoms with Crippen LogP contribution in [0.2, 0.25) is 0 Å². The van der Waals surface area contributed by atoms with Crippen molar-refractivity contribution in [3.8, 4) is 0 Å². The Morgan fingerprint density at radius 3 is 2.39 bits per heavy atom. The zero-order valence-electron chi connectivity index (χ0n) is 15.9. The average molecular weight is 384 g/mol. The summed E-state index contributed by atoms with van der Waals surface area (Å²) in [4.78, 5) is 24.1. The third-order valence-electron chi connectivity index (χ3n) is 4.61. The first-order valence-electron chi connectivity index (χ1n) is 9.34. The van der Waals surface area contributed by atoms with Gasteiger partial charge < -0.3 is 26.8 Å². The Kier molecular flexibility index (Phi) is 8.30. The number of nitrogens with one attached hydrogen (secondary N) is 1. The minimum Gasteiger partial charge on any atom is -0.478 e. The second kappa shape index (κ2) is 10.9. The number of aliphatic carboxylic acids is 1. The predicted octanol–water partition coefficient (Wildman–Crippen LogP) is 2.12. The van der Waals surface area contributed by atoms with Crippen LogP contribution in [0.1, 0.15) is 24.8 Å². The Bertz CT molecular complexity index is 748. The van der Waals surface area contributed by atoms with Crippen molar-refractivity contribution in [2.75, 3.05) is 13.1 Å². The molecule has 2 amide bonds. The molecule has 0 radical (unpaired) electrons. The van der Waals surface area contributed by atoms with Crippen LogP contribution >= 0.6 is 0 Å². The number of carbonyl (C=O) groups is 2. The molecule has 7 heteroatoms. The Balaban J connectivity index is 0.000000221. The number of nitrogens with zero attached hydrogens (tertiary/aromatic N) is 1. The summed E-state index contributed by atoms with van der Waals surface area (Å²) < 4.78 is 0. The zero-order valence-corrected chi connectivity index (χ0v) is 15.9. The van der Waals surface area contributed by atoms with E-state index in [9.17, 15) is 9.59 Å². The van der Waals surface area contributed by atoms with Gasteiger partial charge in [-0.25, -0.2) is 9.59 Å². The van der Waals surface area contributed by atoms with Crippen molar-refractivity contribution < 1.29 is 14.7 Å². The number of rotatable bonds is 3. The number of hydrogen-bond acceptors (Lipinski definition) is 4. The van der Waals surface area contributed by atoms with Gasteiger partial charge in [-0.3, -0.25) is 0 Å². The maximum atomic E-state index is 11.9. The normalized spacial score (nSPS) is 18.1. The average Bonchev–Trinajstić information content (AvgIpc) is 2.74. The van der Waals surface area contributed by atoms with Crippen LogP contribution in [-0.2, 0) is 11.3 Å². The smallest absolute Gasteiger partial charge is 0.335 e. The van der Waals surface area contributed by atoms with E-state index in [4.69, 9.17) is 16.6 Å². The third kappa shape index (κ3) is 6.92. The lowest BCUT2D eigenvalue weighted by molar-refractivity contribution is -0.132. The molecule has 1 aliphatic carbocycles. The van der Waals surface area contributed by atoms with E-state index in [1.165, 1.54) is 6.20 Å². The van der Waals surface area contributed by atoms with Crippen molar-refractivity contribution in [2.45, 2.75) is 31.8 Å². The molecule has 0 saturated carbocycles. The van der Waals surface area contributed by atoms with E-state index in [0.717, 1.165) is 37.1 Å². The molecule has 150 valence electrons. The zero-order chi connectivity index (χ0) is 20.4. The van der Waals surface area contributed by atoms with Crippen LogP contribution < -0.4 is 16.8 Å². The molecule has 1 heterocycles. The van der Waals surface area contributed by atoms with Gasteiger partial charge in [0.05, 0.1) is 5.57 Å². The number of carboxylic acid groups (broad SMARTS) is 1. The fraction of sp³-hybridized carbons (Fsp3) is 0.333. The first kappa shape index (κ1) is 21.2. The minimum atomic E-state index is -0.891. The first-order chi connectivity index (χ1) is 13.5. The molecule has 28 heavy (non-hydrogen) atoms. The first-order valence-corrected chi connectivity index (χ1v) is 9.34. The van der Waals surface area contributed by atoms with Gasteiger partial charge in [0.15, 0.2) is 0 Å². The Hall–Kier alpha value is -3.06. The van der Waals surface area contributed by atoms with E-state index < -0.39 is 5.97 Å². The molecule has 6 N–H and O–H groups in total. The number of likely N-dealkylation sites (tertiary alicyclic amines) is 1. The van der Waals surface area contributed by atoms with Crippen LogP contribution in [-0.4, -0.2) is 41.1 Å². The topological polar surface area (TPSA) is 122 Å². The summed E-state index contributed by atoms with van der Waals surface area (Å²) in [5, 5.41) is 11.5. The van der Waals surface area contributed by atoms with Gasteiger partial charge in [0.1, 0.15) is 0 Å². The highest BCUT2D eigenvalue weighted by atomic mass is 16.4. The lowest BCUT2D eigenvalue weighted by Crippen LogP contribution is -2.46. The lowest BCUT2D eigenvalue weighted by atomic mass is 10.0. The molecule has 1 saturated heterocycles. The van der Waals surface area contributed by atoms with Gasteiger partial charge in [-0.15, -0.1) is 0 Å². The summed E-state index contributed by atoms with van der Waals surface area (Å²) in [5.41, 5.74) is 13.4. The number of nitrogens with two attached hydrogens (primary N) is 2. The summed E-state index contributed by atoms with van der Waals surface area (Å²) in [6.45, 7) is 2.12. The predicted molar refractivity (Wildman–Crippen MR) is 109 cm³/mol. The molecule has 3 rings (SSSR count). The molecule has 2 aliphatic rings. The van der Waals surface area contributed by atoms with E-state index in [2.05, 4.69) is 5.32 Å². The summed E-state index contributed by atoms with van der Waals surface area (Å²) in [7, 11) is 0. The van der Waals surface area contributed by atoms with Gasteiger partial charge >= 0.3 is 12.0 Å². The fourth-order valence-corrected chi connectivity index (χ4v) is 2.83. The number of piperidine rings is 1. The number of urea groups is 1. The fourth-order valence-electron chi connectivity index (χ4n) is 2.83. The van der Waals surface area contributed by atoms with E-state index in [1.807, 2.05) is 35.2 Å².